The van der Waals surface area contributed by atoms with Crippen molar-refractivity contribution in [1.29, 1.82) is 0 Å². The molecule has 0 radical (unpaired) electrons. The first-order chi connectivity index (χ1) is 15.8. The molecule has 0 spiro atoms. The molecule has 0 atom stereocenters. The summed E-state index contributed by atoms with van der Waals surface area (Å²) in [6.07, 6.45) is 1.02. The number of unbranched alkanes of at least 4 members (excludes halogenated alkanes) is 1. The Balaban J connectivity index is 0.000000484. The highest BCUT2D eigenvalue weighted by Gasteiger charge is 2.06. The lowest BCUT2D eigenvalue weighted by atomic mass is 10.2. The summed E-state index contributed by atoms with van der Waals surface area (Å²) >= 11 is 0. The number of amides is 2. The molecule has 0 saturated carbocycles. The molecular formula is C20H22N4O10. The molecule has 0 aromatic heterocycles. The van der Waals surface area contributed by atoms with Gasteiger partial charge in [0.2, 0.25) is 11.8 Å². The van der Waals surface area contributed by atoms with Crippen molar-refractivity contribution < 1.29 is 39.2 Å². The number of carbonyl (C=O) groups is 4. The summed E-state index contributed by atoms with van der Waals surface area (Å²) in [5, 5.41) is 36.6. The molecule has 0 bridgehead atoms. The quantitative estimate of drug-likeness (QED) is 0.232. The largest absolute Gasteiger partial charge is 0.481 e. The van der Waals surface area contributed by atoms with E-state index in [4.69, 9.17) is 21.7 Å². The van der Waals surface area contributed by atoms with Crippen LogP contribution in [0.5, 0.6) is 0 Å². The Morgan fingerprint density at radius 1 is 0.647 bits per heavy atom. The average molecular weight is 478 g/mol. The van der Waals surface area contributed by atoms with Crippen LogP contribution in [-0.2, 0) is 9.59 Å². The van der Waals surface area contributed by atoms with Crippen LogP contribution in [0.15, 0.2) is 48.5 Å². The van der Waals surface area contributed by atoms with Gasteiger partial charge in [-0.25, -0.2) is 0 Å². The molecule has 2 amide bonds. The highest BCUT2D eigenvalue weighted by Crippen LogP contribution is 2.11. The molecule has 0 aliphatic rings. The predicted octanol–water partition coefficient (Wildman–Crippen LogP) is 2.10. The fourth-order valence-electron chi connectivity index (χ4n) is 2.05. The van der Waals surface area contributed by atoms with Crippen LogP contribution in [0, 0.1) is 20.2 Å². The number of carbonyl (C=O) groups excluding carboxylic acids is 2. The van der Waals surface area contributed by atoms with E-state index in [2.05, 4.69) is 0 Å². The van der Waals surface area contributed by atoms with Crippen molar-refractivity contribution >= 4 is 35.1 Å². The van der Waals surface area contributed by atoms with Crippen LogP contribution in [-0.4, -0.2) is 43.8 Å². The standard InChI is InChI=1S/2C7H6N2O3.C6H10O4/c2*8-7(10)5-1-3-6(4-2-5)9(11)12;7-5(8)3-1-2-4-6(9)10/h2*1-4H,(H2,8,10);1-4H2,(H,7,8)(H,9,10). The minimum atomic E-state index is -0.870. The van der Waals surface area contributed by atoms with Crippen LogP contribution in [0.4, 0.5) is 11.4 Å². The van der Waals surface area contributed by atoms with Gasteiger partial charge in [0.15, 0.2) is 0 Å². The van der Waals surface area contributed by atoms with E-state index < -0.39 is 33.6 Å². The lowest BCUT2D eigenvalue weighted by Gasteiger charge is -1.93. The summed E-state index contributed by atoms with van der Waals surface area (Å²) in [5.41, 5.74) is 10.3. The number of primary amides is 2. The van der Waals surface area contributed by atoms with Crippen LogP contribution in [0.1, 0.15) is 46.4 Å². The maximum atomic E-state index is 10.5. The summed E-state index contributed by atoms with van der Waals surface area (Å²) in [4.78, 5) is 60.1. The summed E-state index contributed by atoms with van der Waals surface area (Å²) < 4.78 is 0. The van der Waals surface area contributed by atoms with Crippen LogP contribution < -0.4 is 11.5 Å². The summed E-state index contributed by atoms with van der Waals surface area (Å²) in [5.74, 6) is -2.93. The van der Waals surface area contributed by atoms with Gasteiger partial charge in [-0.1, -0.05) is 0 Å². The molecule has 6 N–H and O–H groups in total. The maximum Gasteiger partial charge on any atom is 0.303 e. The van der Waals surface area contributed by atoms with E-state index in [0.717, 1.165) is 0 Å². The molecular weight excluding hydrogens is 456 g/mol. The molecule has 2 rings (SSSR count). The zero-order valence-electron chi connectivity index (χ0n) is 17.7. The molecule has 0 heterocycles. The number of nitro groups is 2. The van der Waals surface area contributed by atoms with Gasteiger partial charge in [0.05, 0.1) is 9.85 Å². The smallest absolute Gasteiger partial charge is 0.303 e. The van der Waals surface area contributed by atoms with Gasteiger partial charge >= 0.3 is 11.9 Å². The first-order valence-corrected chi connectivity index (χ1v) is 9.37. The number of aliphatic carboxylic acids is 2. The third kappa shape index (κ3) is 12.7. The summed E-state index contributed by atoms with van der Waals surface area (Å²) in [6, 6.07) is 10.2. The van der Waals surface area contributed by atoms with Gasteiger partial charge in [-0.2, -0.15) is 0 Å². The Bertz CT molecular complexity index is 871. The second-order valence-electron chi connectivity index (χ2n) is 6.33. The van der Waals surface area contributed by atoms with Gasteiger partial charge in [-0.05, 0) is 37.1 Å². The molecule has 2 aromatic carbocycles. The zero-order valence-corrected chi connectivity index (χ0v) is 17.7. The summed E-state index contributed by atoms with van der Waals surface area (Å²) in [6.45, 7) is 0. The number of nitro benzene ring substituents is 2. The molecule has 34 heavy (non-hydrogen) atoms. The highest BCUT2D eigenvalue weighted by atomic mass is 16.6. The van der Waals surface area contributed by atoms with Crippen molar-refractivity contribution in [1.82, 2.24) is 0 Å². The van der Waals surface area contributed by atoms with E-state index in [9.17, 15) is 39.4 Å². The van der Waals surface area contributed by atoms with Crippen molar-refractivity contribution in [3.8, 4) is 0 Å². The molecule has 0 saturated heterocycles. The fourth-order valence-corrected chi connectivity index (χ4v) is 2.05. The normalized spacial score (nSPS) is 9.29. The number of nitrogens with two attached hydrogens (primary N) is 2. The van der Waals surface area contributed by atoms with Crippen LogP contribution in [0.3, 0.4) is 0 Å². The van der Waals surface area contributed by atoms with Gasteiger partial charge < -0.3 is 21.7 Å². The van der Waals surface area contributed by atoms with Crippen molar-refractivity contribution in [3.05, 3.63) is 79.9 Å². The Morgan fingerprint density at radius 3 is 1.09 bits per heavy atom. The minimum Gasteiger partial charge on any atom is -0.481 e. The Morgan fingerprint density at radius 2 is 0.912 bits per heavy atom. The van der Waals surface area contributed by atoms with Gasteiger partial charge in [0.1, 0.15) is 0 Å². The molecule has 0 aliphatic carbocycles. The van der Waals surface area contributed by atoms with Crippen molar-refractivity contribution in [2.75, 3.05) is 0 Å². The Labute approximate surface area is 192 Å². The highest BCUT2D eigenvalue weighted by molar-refractivity contribution is 5.93. The van der Waals surface area contributed by atoms with E-state index in [1.165, 1.54) is 48.5 Å². The SMILES string of the molecule is NC(=O)c1ccc([N+](=O)[O-])cc1.NC(=O)c1ccc([N+](=O)[O-])cc1.O=C(O)CCCCC(=O)O. The van der Waals surface area contributed by atoms with E-state index in [0.29, 0.717) is 12.8 Å². The number of carboxylic acid groups (broad SMARTS) is 2. The van der Waals surface area contributed by atoms with Crippen molar-refractivity contribution in [3.63, 3.8) is 0 Å². The number of rotatable bonds is 9. The van der Waals surface area contributed by atoms with E-state index >= 15 is 0 Å². The number of hydrogen-bond acceptors (Lipinski definition) is 8. The van der Waals surface area contributed by atoms with Crippen LogP contribution in [0.25, 0.3) is 0 Å². The third-order valence-electron chi connectivity index (χ3n) is 3.76. The van der Waals surface area contributed by atoms with Gasteiger partial charge in [-0.3, -0.25) is 39.4 Å². The van der Waals surface area contributed by atoms with E-state index in [-0.39, 0.29) is 35.3 Å². The molecule has 0 aliphatic heterocycles. The lowest BCUT2D eigenvalue weighted by Crippen LogP contribution is -2.10. The second kappa shape index (κ2) is 15.0. The topological polar surface area (TPSA) is 247 Å². The van der Waals surface area contributed by atoms with Crippen LogP contribution >= 0.6 is 0 Å². The molecule has 14 heteroatoms. The first kappa shape index (κ1) is 29.1. The number of benzene rings is 2. The van der Waals surface area contributed by atoms with Gasteiger partial charge in [-0.15, -0.1) is 0 Å². The maximum absolute atomic E-state index is 10.5. The average Bonchev–Trinajstić information content (AvgIpc) is 2.77. The molecule has 14 nitrogen and oxygen atoms in total. The second-order valence-corrected chi connectivity index (χ2v) is 6.33. The monoisotopic (exact) mass is 478 g/mol. The number of hydrogen-bond donors (Lipinski definition) is 4. The molecule has 0 unspecified atom stereocenters. The van der Waals surface area contributed by atoms with Gasteiger partial charge in [0, 0.05) is 48.2 Å². The van der Waals surface area contributed by atoms with Crippen LogP contribution in [0.2, 0.25) is 0 Å². The van der Waals surface area contributed by atoms with E-state index in [1.54, 1.807) is 0 Å². The van der Waals surface area contributed by atoms with Crippen molar-refractivity contribution in [2.45, 2.75) is 25.7 Å². The van der Waals surface area contributed by atoms with Gasteiger partial charge in [0.25, 0.3) is 11.4 Å². The van der Waals surface area contributed by atoms with E-state index in [1.807, 2.05) is 0 Å². The minimum absolute atomic E-state index is 0.0556. The Kier molecular flexibility index (Phi) is 12.9. The number of carboxylic acids is 2. The molecule has 2 aromatic rings. The predicted molar refractivity (Wildman–Crippen MR) is 117 cm³/mol. The molecule has 182 valence electrons. The first-order valence-electron chi connectivity index (χ1n) is 9.37. The fraction of sp³-hybridized carbons (Fsp3) is 0.200. The zero-order chi connectivity index (χ0) is 26.3. The number of nitrogens with zero attached hydrogens (tertiary/aromatic N) is 2. The number of non-ortho nitro benzene ring substituents is 2. The summed E-state index contributed by atoms with van der Waals surface area (Å²) in [7, 11) is 0. The third-order valence-corrected chi connectivity index (χ3v) is 3.76. The molecule has 0 fully saturated rings. The van der Waals surface area contributed by atoms with Crippen molar-refractivity contribution in [2.24, 2.45) is 11.5 Å². The lowest BCUT2D eigenvalue weighted by molar-refractivity contribution is -0.385. The Hall–Kier alpha value is -4.88.